The van der Waals surface area contributed by atoms with Gasteiger partial charge in [0, 0.05) is 19.0 Å². The number of hydrogen-bond acceptors (Lipinski definition) is 1. The zero-order valence-corrected chi connectivity index (χ0v) is 9.44. The minimum absolute atomic E-state index is 0.772. The van der Waals surface area contributed by atoms with Crippen molar-refractivity contribution < 1.29 is 0 Å². The van der Waals surface area contributed by atoms with E-state index in [1.807, 2.05) is 6.92 Å². The van der Waals surface area contributed by atoms with Crippen LogP contribution >= 0.6 is 0 Å². The number of nitrogens with one attached hydrogen (secondary N) is 1. The van der Waals surface area contributed by atoms with Crippen LogP contribution in [0.2, 0.25) is 0 Å². The largest absolute Gasteiger partial charge is 0.313 e. The van der Waals surface area contributed by atoms with E-state index in [2.05, 4.69) is 17.2 Å². The standard InChI is InChI=1S/C13H23N/c1-2-3-9-12-14-13-10-7-5-4-6-8-11-13/h13-14H,4-12H2,1H3. The van der Waals surface area contributed by atoms with Gasteiger partial charge in [-0.05, 0) is 19.8 Å². The summed E-state index contributed by atoms with van der Waals surface area (Å²) in [5.74, 6) is 6.04. The monoisotopic (exact) mass is 193 g/mol. The lowest BCUT2D eigenvalue weighted by Crippen LogP contribution is -2.30. The summed E-state index contributed by atoms with van der Waals surface area (Å²) in [4.78, 5) is 0. The minimum atomic E-state index is 0.772. The van der Waals surface area contributed by atoms with E-state index in [0.717, 1.165) is 19.0 Å². The van der Waals surface area contributed by atoms with Crippen LogP contribution in [0.3, 0.4) is 0 Å². The zero-order valence-electron chi connectivity index (χ0n) is 9.44. The lowest BCUT2D eigenvalue weighted by molar-refractivity contribution is 0.393. The van der Waals surface area contributed by atoms with Crippen LogP contribution in [-0.2, 0) is 0 Å². The van der Waals surface area contributed by atoms with Crippen LogP contribution in [0.5, 0.6) is 0 Å². The Labute approximate surface area is 88.7 Å². The van der Waals surface area contributed by atoms with Crippen LogP contribution in [0.25, 0.3) is 0 Å². The van der Waals surface area contributed by atoms with Crippen LogP contribution in [0.4, 0.5) is 0 Å². The van der Waals surface area contributed by atoms with Crippen molar-refractivity contribution in [1.29, 1.82) is 0 Å². The fraction of sp³-hybridized carbons (Fsp3) is 0.846. The van der Waals surface area contributed by atoms with Crippen LogP contribution in [-0.4, -0.2) is 12.6 Å². The smallest absolute Gasteiger partial charge is 0.0214 e. The van der Waals surface area contributed by atoms with E-state index >= 15 is 0 Å². The molecule has 1 aliphatic carbocycles. The highest BCUT2D eigenvalue weighted by atomic mass is 14.9. The first-order chi connectivity index (χ1) is 6.93. The van der Waals surface area contributed by atoms with E-state index in [4.69, 9.17) is 0 Å². The Bertz CT molecular complexity index is 179. The van der Waals surface area contributed by atoms with Crippen LogP contribution < -0.4 is 5.32 Å². The maximum absolute atomic E-state index is 3.62. The van der Waals surface area contributed by atoms with Crippen LogP contribution in [0.1, 0.15) is 58.3 Å². The Kier molecular flexibility index (Phi) is 6.53. The van der Waals surface area contributed by atoms with Crippen molar-refractivity contribution in [2.45, 2.75) is 64.3 Å². The third-order valence-electron chi connectivity index (χ3n) is 2.96. The molecule has 0 unspecified atom stereocenters. The molecule has 0 bridgehead atoms. The molecule has 0 saturated heterocycles. The van der Waals surface area contributed by atoms with Crippen molar-refractivity contribution in [2.24, 2.45) is 0 Å². The quantitative estimate of drug-likeness (QED) is 0.536. The van der Waals surface area contributed by atoms with Crippen LogP contribution in [0, 0.1) is 11.8 Å². The van der Waals surface area contributed by atoms with E-state index in [-0.39, 0.29) is 0 Å². The predicted molar refractivity (Wildman–Crippen MR) is 62.2 cm³/mol. The predicted octanol–water partition coefficient (Wildman–Crippen LogP) is 3.10. The molecule has 14 heavy (non-hydrogen) atoms. The molecule has 1 heteroatoms. The molecule has 0 spiro atoms. The van der Waals surface area contributed by atoms with Crippen molar-refractivity contribution in [3.63, 3.8) is 0 Å². The Hall–Kier alpha value is -0.480. The van der Waals surface area contributed by atoms with Crippen molar-refractivity contribution in [2.75, 3.05) is 6.54 Å². The highest BCUT2D eigenvalue weighted by Gasteiger charge is 2.09. The number of hydrogen-bond donors (Lipinski definition) is 1. The molecular weight excluding hydrogens is 170 g/mol. The van der Waals surface area contributed by atoms with Gasteiger partial charge in [-0.1, -0.05) is 32.1 Å². The Balaban J connectivity index is 2.09. The summed E-state index contributed by atoms with van der Waals surface area (Å²) < 4.78 is 0. The normalized spacial score (nSPS) is 19.2. The van der Waals surface area contributed by atoms with Gasteiger partial charge in [0.25, 0.3) is 0 Å². The third kappa shape index (κ3) is 5.29. The first-order valence-corrected chi connectivity index (χ1v) is 6.06. The fourth-order valence-electron chi connectivity index (χ4n) is 2.12. The lowest BCUT2D eigenvalue weighted by Gasteiger charge is -2.20. The van der Waals surface area contributed by atoms with Gasteiger partial charge in [0.05, 0.1) is 0 Å². The van der Waals surface area contributed by atoms with Gasteiger partial charge in [-0.15, -0.1) is 11.8 Å². The molecule has 0 amide bonds. The molecule has 0 aromatic carbocycles. The maximum Gasteiger partial charge on any atom is 0.0214 e. The number of rotatable bonds is 3. The zero-order chi connectivity index (χ0) is 10.1. The first kappa shape index (κ1) is 11.6. The Morgan fingerprint density at radius 1 is 1.07 bits per heavy atom. The topological polar surface area (TPSA) is 12.0 Å². The Morgan fingerprint density at radius 2 is 1.71 bits per heavy atom. The first-order valence-electron chi connectivity index (χ1n) is 6.06. The van der Waals surface area contributed by atoms with Gasteiger partial charge >= 0.3 is 0 Å². The van der Waals surface area contributed by atoms with E-state index in [1.165, 1.54) is 44.9 Å². The summed E-state index contributed by atoms with van der Waals surface area (Å²) in [5, 5.41) is 3.62. The van der Waals surface area contributed by atoms with Gasteiger partial charge < -0.3 is 5.32 Å². The molecule has 1 nitrogen and oxygen atoms in total. The van der Waals surface area contributed by atoms with Crippen molar-refractivity contribution in [1.82, 2.24) is 5.32 Å². The van der Waals surface area contributed by atoms with Crippen LogP contribution in [0.15, 0.2) is 0 Å². The minimum Gasteiger partial charge on any atom is -0.313 e. The van der Waals surface area contributed by atoms with E-state index in [1.54, 1.807) is 0 Å². The molecule has 0 aromatic heterocycles. The molecule has 0 aromatic rings. The van der Waals surface area contributed by atoms with Gasteiger partial charge in [0.1, 0.15) is 0 Å². The van der Waals surface area contributed by atoms with Gasteiger partial charge in [-0.2, -0.15) is 0 Å². The van der Waals surface area contributed by atoms with Gasteiger partial charge in [0.2, 0.25) is 0 Å². The molecule has 1 aliphatic rings. The molecule has 80 valence electrons. The highest BCUT2D eigenvalue weighted by Crippen LogP contribution is 2.16. The molecule has 1 fully saturated rings. The Morgan fingerprint density at radius 3 is 2.36 bits per heavy atom. The van der Waals surface area contributed by atoms with Gasteiger partial charge in [0.15, 0.2) is 0 Å². The second kappa shape index (κ2) is 7.88. The molecule has 1 N–H and O–H groups in total. The van der Waals surface area contributed by atoms with Gasteiger partial charge in [-0.3, -0.25) is 0 Å². The van der Waals surface area contributed by atoms with E-state index in [0.29, 0.717) is 0 Å². The molecule has 0 heterocycles. The second-order valence-electron chi connectivity index (χ2n) is 4.17. The summed E-state index contributed by atoms with van der Waals surface area (Å²) in [6.45, 7) is 2.99. The SMILES string of the molecule is CC#CCCNC1CCCCCCC1. The molecule has 0 radical (unpaired) electrons. The summed E-state index contributed by atoms with van der Waals surface area (Å²) in [7, 11) is 0. The van der Waals surface area contributed by atoms with E-state index in [9.17, 15) is 0 Å². The molecular formula is C13H23N. The van der Waals surface area contributed by atoms with Crippen molar-refractivity contribution in [3.05, 3.63) is 0 Å². The van der Waals surface area contributed by atoms with E-state index < -0.39 is 0 Å². The average molecular weight is 193 g/mol. The van der Waals surface area contributed by atoms with Crippen molar-refractivity contribution in [3.8, 4) is 11.8 Å². The summed E-state index contributed by atoms with van der Waals surface area (Å²) in [5.41, 5.74) is 0. The second-order valence-corrected chi connectivity index (χ2v) is 4.17. The molecule has 0 aliphatic heterocycles. The maximum atomic E-state index is 3.62. The fourth-order valence-corrected chi connectivity index (χ4v) is 2.12. The summed E-state index contributed by atoms with van der Waals surface area (Å²) in [6, 6.07) is 0.772. The average Bonchev–Trinajstić information content (AvgIpc) is 2.15. The van der Waals surface area contributed by atoms with Gasteiger partial charge in [-0.25, -0.2) is 0 Å². The molecule has 1 saturated carbocycles. The summed E-state index contributed by atoms with van der Waals surface area (Å²) in [6.07, 6.45) is 10.9. The van der Waals surface area contributed by atoms with Crippen molar-refractivity contribution >= 4 is 0 Å². The highest BCUT2D eigenvalue weighted by molar-refractivity contribution is 4.95. The lowest BCUT2D eigenvalue weighted by atomic mass is 9.97. The molecule has 0 atom stereocenters. The molecule has 1 rings (SSSR count). The third-order valence-corrected chi connectivity index (χ3v) is 2.96. The summed E-state index contributed by atoms with van der Waals surface area (Å²) >= 11 is 0.